The van der Waals surface area contributed by atoms with Gasteiger partial charge in [0.15, 0.2) is 0 Å². The Morgan fingerprint density at radius 2 is 2.00 bits per heavy atom. The third-order valence-electron chi connectivity index (χ3n) is 2.87. The van der Waals surface area contributed by atoms with Gasteiger partial charge in [0.25, 0.3) is 0 Å². The van der Waals surface area contributed by atoms with Gasteiger partial charge in [-0.05, 0) is 19.9 Å². The first-order valence-corrected chi connectivity index (χ1v) is 6.58. The molecule has 1 amide bonds. The van der Waals surface area contributed by atoms with Gasteiger partial charge in [0.2, 0.25) is 11.7 Å². The Kier molecular flexibility index (Phi) is 5.69. The lowest BCUT2D eigenvalue weighted by Gasteiger charge is -2.23. The first kappa shape index (κ1) is 16.2. The van der Waals surface area contributed by atoms with E-state index in [1.165, 1.54) is 17.0 Å². The van der Waals surface area contributed by atoms with Crippen molar-refractivity contribution in [2.75, 3.05) is 31.6 Å². The van der Waals surface area contributed by atoms with E-state index in [0.29, 0.717) is 13.1 Å². The molecular formula is C12H17ClN4O3. The Labute approximate surface area is 122 Å². The van der Waals surface area contributed by atoms with Crippen LogP contribution in [0.15, 0.2) is 12.1 Å². The van der Waals surface area contributed by atoms with Crippen LogP contribution in [0.2, 0.25) is 5.15 Å². The van der Waals surface area contributed by atoms with E-state index in [0.717, 1.165) is 0 Å². The van der Waals surface area contributed by atoms with E-state index in [9.17, 15) is 14.9 Å². The molecule has 20 heavy (non-hydrogen) atoms. The fraction of sp³-hybridized carbons (Fsp3) is 0.500. The molecule has 0 saturated carbocycles. The molecule has 0 aliphatic heterocycles. The van der Waals surface area contributed by atoms with E-state index in [1.54, 1.807) is 11.9 Å². The number of likely N-dealkylation sites (N-methyl/N-ethyl adjacent to an activating group) is 2. The number of amides is 1. The molecule has 1 rings (SSSR count). The largest absolute Gasteiger partial charge is 0.345 e. The maximum atomic E-state index is 12.0. The van der Waals surface area contributed by atoms with Crippen LogP contribution in [0.4, 0.5) is 11.5 Å². The molecule has 7 nitrogen and oxygen atoms in total. The summed E-state index contributed by atoms with van der Waals surface area (Å²) in [7, 11) is 1.58. The number of nitrogens with zero attached hydrogens (tertiary/aromatic N) is 4. The number of halogens is 1. The fourth-order valence-corrected chi connectivity index (χ4v) is 1.94. The number of rotatable bonds is 6. The van der Waals surface area contributed by atoms with Crippen molar-refractivity contribution in [2.24, 2.45) is 0 Å². The van der Waals surface area contributed by atoms with Crippen LogP contribution < -0.4 is 4.90 Å². The molecule has 0 spiro atoms. The second-order valence-corrected chi connectivity index (χ2v) is 4.54. The van der Waals surface area contributed by atoms with Crippen molar-refractivity contribution in [1.29, 1.82) is 0 Å². The summed E-state index contributed by atoms with van der Waals surface area (Å²) >= 11 is 5.76. The maximum absolute atomic E-state index is 12.0. The molecule has 0 unspecified atom stereocenters. The Morgan fingerprint density at radius 1 is 1.40 bits per heavy atom. The highest BCUT2D eigenvalue weighted by Crippen LogP contribution is 2.26. The Morgan fingerprint density at radius 3 is 2.50 bits per heavy atom. The second-order valence-electron chi connectivity index (χ2n) is 4.16. The van der Waals surface area contributed by atoms with Crippen LogP contribution in [0.3, 0.4) is 0 Å². The highest BCUT2D eigenvalue weighted by Gasteiger charge is 2.22. The van der Waals surface area contributed by atoms with E-state index >= 15 is 0 Å². The second kappa shape index (κ2) is 7.04. The predicted molar refractivity (Wildman–Crippen MR) is 77.1 cm³/mol. The van der Waals surface area contributed by atoms with Crippen LogP contribution in [0.5, 0.6) is 0 Å². The number of hydrogen-bond acceptors (Lipinski definition) is 5. The molecule has 0 atom stereocenters. The SMILES string of the molecule is CCN(CC)C(=O)CN(C)c1nc(Cl)ccc1[N+](=O)[O-]. The molecule has 0 bridgehead atoms. The van der Waals surface area contributed by atoms with Crippen molar-refractivity contribution < 1.29 is 9.72 Å². The van der Waals surface area contributed by atoms with Gasteiger partial charge < -0.3 is 9.80 Å². The van der Waals surface area contributed by atoms with Crippen molar-refractivity contribution in [3.63, 3.8) is 0 Å². The maximum Gasteiger partial charge on any atom is 0.311 e. The Hall–Kier alpha value is -1.89. The zero-order valence-electron chi connectivity index (χ0n) is 11.7. The third kappa shape index (κ3) is 3.80. The van der Waals surface area contributed by atoms with Crippen LogP contribution in [0, 0.1) is 10.1 Å². The molecule has 0 aromatic carbocycles. The summed E-state index contributed by atoms with van der Waals surface area (Å²) in [5.41, 5.74) is -0.177. The van der Waals surface area contributed by atoms with Crippen molar-refractivity contribution >= 4 is 29.0 Å². The molecule has 0 fully saturated rings. The van der Waals surface area contributed by atoms with Gasteiger partial charge >= 0.3 is 5.69 Å². The predicted octanol–water partition coefficient (Wildman–Crippen LogP) is 1.95. The van der Waals surface area contributed by atoms with Crippen molar-refractivity contribution in [3.05, 3.63) is 27.4 Å². The molecule has 1 aromatic heterocycles. The van der Waals surface area contributed by atoms with Gasteiger partial charge in [0.05, 0.1) is 11.5 Å². The minimum absolute atomic E-state index is 0.00978. The molecule has 8 heteroatoms. The molecule has 1 heterocycles. The number of hydrogen-bond donors (Lipinski definition) is 0. The number of carbonyl (C=O) groups is 1. The molecule has 0 saturated heterocycles. The molecule has 0 aliphatic rings. The summed E-state index contributed by atoms with van der Waals surface area (Å²) in [6.45, 7) is 4.95. The summed E-state index contributed by atoms with van der Waals surface area (Å²) in [6, 6.07) is 2.63. The minimum atomic E-state index is -0.545. The normalized spacial score (nSPS) is 10.2. The number of nitro groups is 1. The monoisotopic (exact) mass is 300 g/mol. The van der Waals surface area contributed by atoms with Gasteiger partial charge in [0.1, 0.15) is 5.15 Å². The van der Waals surface area contributed by atoms with Gasteiger partial charge in [0, 0.05) is 26.2 Å². The summed E-state index contributed by atoms with van der Waals surface area (Å²) in [5.74, 6) is -0.0309. The third-order valence-corrected chi connectivity index (χ3v) is 3.08. The average molecular weight is 301 g/mol. The number of pyridine rings is 1. The highest BCUT2D eigenvalue weighted by molar-refractivity contribution is 6.29. The molecule has 0 aliphatic carbocycles. The molecule has 0 N–H and O–H groups in total. The lowest BCUT2D eigenvalue weighted by molar-refractivity contribution is -0.384. The summed E-state index contributed by atoms with van der Waals surface area (Å²) in [6.07, 6.45) is 0. The standard InChI is InChI=1S/C12H17ClN4O3/c1-4-16(5-2)11(18)8-15(3)12-9(17(19)20)6-7-10(13)14-12/h6-7H,4-5,8H2,1-3H3. The summed E-state index contributed by atoms with van der Waals surface area (Å²) in [4.78, 5) is 29.5. The first-order chi connectivity index (χ1) is 9.40. The average Bonchev–Trinajstić information content (AvgIpc) is 2.39. The first-order valence-electron chi connectivity index (χ1n) is 6.20. The Balaban J connectivity index is 2.97. The van der Waals surface area contributed by atoms with Crippen molar-refractivity contribution in [2.45, 2.75) is 13.8 Å². The Bertz CT molecular complexity index is 505. The van der Waals surface area contributed by atoms with Crippen LogP contribution in [0.25, 0.3) is 0 Å². The van der Waals surface area contributed by atoms with E-state index in [4.69, 9.17) is 11.6 Å². The smallest absolute Gasteiger partial charge is 0.311 e. The topological polar surface area (TPSA) is 79.6 Å². The molecule has 110 valence electrons. The number of carbonyl (C=O) groups excluding carboxylic acids is 1. The van der Waals surface area contributed by atoms with Crippen LogP contribution in [0.1, 0.15) is 13.8 Å². The summed E-state index contributed by atoms with van der Waals surface area (Å²) in [5, 5.41) is 11.1. The van der Waals surface area contributed by atoms with E-state index in [2.05, 4.69) is 4.98 Å². The van der Waals surface area contributed by atoms with E-state index in [-0.39, 0.29) is 29.1 Å². The fourth-order valence-electron chi connectivity index (χ4n) is 1.80. The zero-order valence-corrected chi connectivity index (χ0v) is 12.4. The molecule has 1 aromatic rings. The zero-order chi connectivity index (χ0) is 15.3. The van der Waals surface area contributed by atoms with Crippen molar-refractivity contribution in [3.8, 4) is 0 Å². The van der Waals surface area contributed by atoms with Crippen LogP contribution >= 0.6 is 11.6 Å². The van der Waals surface area contributed by atoms with Gasteiger partial charge in [-0.2, -0.15) is 0 Å². The number of aromatic nitrogens is 1. The van der Waals surface area contributed by atoms with Crippen LogP contribution in [-0.2, 0) is 4.79 Å². The van der Waals surface area contributed by atoms with Crippen molar-refractivity contribution in [1.82, 2.24) is 9.88 Å². The lowest BCUT2D eigenvalue weighted by Crippen LogP contribution is -2.39. The van der Waals surface area contributed by atoms with E-state index < -0.39 is 4.92 Å². The van der Waals surface area contributed by atoms with Gasteiger partial charge in [-0.15, -0.1) is 0 Å². The quantitative estimate of drug-likeness (QED) is 0.456. The number of anilines is 1. The van der Waals surface area contributed by atoms with Gasteiger partial charge in [-0.1, -0.05) is 11.6 Å². The molecular weight excluding hydrogens is 284 g/mol. The minimum Gasteiger partial charge on any atom is -0.345 e. The van der Waals surface area contributed by atoms with Gasteiger partial charge in [-0.3, -0.25) is 14.9 Å². The molecule has 0 radical (unpaired) electrons. The lowest BCUT2D eigenvalue weighted by atomic mass is 10.3. The van der Waals surface area contributed by atoms with Gasteiger partial charge in [-0.25, -0.2) is 4.98 Å². The van der Waals surface area contributed by atoms with Crippen LogP contribution in [-0.4, -0.2) is 47.4 Å². The highest BCUT2D eigenvalue weighted by atomic mass is 35.5. The summed E-state index contributed by atoms with van der Waals surface area (Å²) < 4.78 is 0. The van der Waals surface area contributed by atoms with E-state index in [1.807, 2.05) is 13.8 Å².